The number of rotatable bonds is 9. The number of esters is 1. The van der Waals surface area contributed by atoms with Crippen molar-refractivity contribution in [3.63, 3.8) is 0 Å². The number of aryl methyl sites for hydroxylation is 1. The van der Waals surface area contributed by atoms with Crippen molar-refractivity contribution in [2.24, 2.45) is 0 Å². The zero-order valence-electron chi connectivity index (χ0n) is 19.8. The van der Waals surface area contributed by atoms with E-state index in [0.717, 1.165) is 5.69 Å². The fraction of sp³-hybridized carbons (Fsp3) is 0.154. The van der Waals surface area contributed by atoms with E-state index in [1.807, 2.05) is 12.1 Å². The SMILES string of the molecule is COc1ccc(-n2c(SCC(=O)Nc3ccc(OC(=O)c4cccs4)cc3)nc(C)c2C(C)=O)cc1. The molecule has 2 aromatic heterocycles. The van der Waals surface area contributed by atoms with Crippen LogP contribution in [0.1, 0.15) is 32.8 Å². The van der Waals surface area contributed by atoms with Crippen LogP contribution in [0.15, 0.2) is 71.2 Å². The lowest BCUT2D eigenvalue weighted by atomic mass is 10.2. The number of ketones is 1. The minimum Gasteiger partial charge on any atom is -0.497 e. The number of aromatic nitrogens is 2. The Morgan fingerprint density at radius 2 is 1.72 bits per heavy atom. The second-order valence-corrected chi connectivity index (χ2v) is 9.54. The maximum Gasteiger partial charge on any atom is 0.353 e. The number of imidazole rings is 1. The van der Waals surface area contributed by atoms with E-state index in [1.165, 1.54) is 30.0 Å². The molecule has 0 aliphatic heterocycles. The standard InChI is InChI=1S/C26H23N3O5S2/c1-16-24(17(2)30)29(19-8-12-20(33-3)13-9-19)26(27-16)36-15-23(31)28-18-6-10-21(11-7-18)34-25(32)22-5-4-14-35-22/h4-14H,15H2,1-3H3,(H,28,31). The van der Waals surface area contributed by atoms with Crippen molar-refractivity contribution < 1.29 is 23.9 Å². The maximum atomic E-state index is 12.6. The number of nitrogens with one attached hydrogen (secondary N) is 1. The molecule has 2 heterocycles. The summed E-state index contributed by atoms with van der Waals surface area (Å²) in [6.45, 7) is 3.26. The third-order valence-electron chi connectivity index (χ3n) is 5.09. The number of anilines is 1. The predicted octanol–water partition coefficient (Wildman–Crippen LogP) is 5.40. The Morgan fingerprint density at radius 1 is 1.03 bits per heavy atom. The largest absolute Gasteiger partial charge is 0.497 e. The Morgan fingerprint density at radius 3 is 2.33 bits per heavy atom. The first-order valence-electron chi connectivity index (χ1n) is 10.9. The van der Waals surface area contributed by atoms with E-state index in [4.69, 9.17) is 9.47 Å². The van der Waals surface area contributed by atoms with E-state index in [9.17, 15) is 14.4 Å². The van der Waals surface area contributed by atoms with E-state index in [0.29, 0.717) is 38.6 Å². The number of hydrogen-bond donors (Lipinski definition) is 1. The van der Waals surface area contributed by atoms with E-state index in [-0.39, 0.29) is 17.4 Å². The molecule has 4 rings (SSSR count). The molecule has 0 saturated heterocycles. The van der Waals surface area contributed by atoms with Gasteiger partial charge in [-0.15, -0.1) is 11.3 Å². The lowest BCUT2D eigenvalue weighted by Crippen LogP contribution is -2.15. The molecular formula is C26H23N3O5S2. The van der Waals surface area contributed by atoms with Gasteiger partial charge in [-0.3, -0.25) is 14.2 Å². The zero-order chi connectivity index (χ0) is 25.7. The normalized spacial score (nSPS) is 10.6. The molecule has 2 aromatic carbocycles. The molecular weight excluding hydrogens is 498 g/mol. The molecule has 0 atom stereocenters. The van der Waals surface area contributed by atoms with Crippen molar-refractivity contribution >= 4 is 46.4 Å². The number of benzene rings is 2. The fourth-order valence-electron chi connectivity index (χ4n) is 3.47. The van der Waals surface area contributed by atoms with Crippen LogP contribution in [-0.4, -0.2) is 40.1 Å². The Labute approximate surface area is 216 Å². The molecule has 0 radical (unpaired) electrons. The van der Waals surface area contributed by atoms with Crippen molar-refractivity contribution in [3.8, 4) is 17.2 Å². The van der Waals surface area contributed by atoms with Crippen LogP contribution in [0.25, 0.3) is 5.69 Å². The molecule has 1 N–H and O–H groups in total. The summed E-state index contributed by atoms with van der Waals surface area (Å²) in [5, 5.41) is 5.16. The smallest absolute Gasteiger partial charge is 0.353 e. The van der Waals surface area contributed by atoms with Crippen molar-refractivity contribution in [1.29, 1.82) is 0 Å². The maximum absolute atomic E-state index is 12.6. The molecule has 0 unspecified atom stereocenters. The van der Waals surface area contributed by atoms with Crippen molar-refractivity contribution in [2.75, 3.05) is 18.2 Å². The number of carbonyl (C=O) groups excluding carboxylic acids is 3. The number of Topliss-reactive ketones (excluding diaryl/α,β-unsaturated/α-hetero) is 1. The van der Waals surface area contributed by atoms with Gasteiger partial charge in [0.05, 0.1) is 18.6 Å². The Bertz CT molecular complexity index is 1380. The lowest BCUT2D eigenvalue weighted by molar-refractivity contribution is -0.113. The minimum absolute atomic E-state index is 0.0824. The topological polar surface area (TPSA) is 99.5 Å². The minimum atomic E-state index is -0.425. The highest BCUT2D eigenvalue weighted by atomic mass is 32.2. The number of thioether (sulfide) groups is 1. The van der Waals surface area contributed by atoms with Gasteiger partial charge in [-0.25, -0.2) is 9.78 Å². The highest BCUT2D eigenvalue weighted by Crippen LogP contribution is 2.28. The van der Waals surface area contributed by atoms with E-state index >= 15 is 0 Å². The van der Waals surface area contributed by atoms with Gasteiger partial charge in [-0.2, -0.15) is 0 Å². The molecule has 1 amide bonds. The number of thiophene rings is 1. The second kappa shape index (κ2) is 11.2. The average Bonchev–Trinajstić information content (AvgIpc) is 3.52. The van der Waals surface area contributed by atoms with Gasteiger partial charge in [0.25, 0.3) is 0 Å². The number of ether oxygens (including phenoxy) is 2. The number of hydrogen-bond acceptors (Lipinski definition) is 8. The molecule has 0 fully saturated rings. The summed E-state index contributed by atoms with van der Waals surface area (Å²) in [7, 11) is 1.59. The first kappa shape index (κ1) is 25.2. The highest BCUT2D eigenvalue weighted by Gasteiger charge is 2.20. The van der Waals surface area contributed by atoms with Crippen LogP contribution < -0.4 is 14.8 Å². The second-order valence-electron chi connectivity index (χ2n) is 7.65. The summed E-state index contributed by atoms with van der Waals surface area (Å²) in [6, 6.07) is 17.3. The molecule has 10 heteroatoms. The average molecular weight is 522 g/mol. The number of carbonyl (C=O) groups is 3. The summed E-state index contributed by atoms with van der Waals surface area (Å²) in [5.41, 5.74) is 2.37. The van der Waals surface area contributed by atoms with Gasteiger partial charge in [0.2, 0.25) is 5.91 Å². The van der Waals surface area contributed by atoms with Gasteiger partial charge < -0.3 is 14.8 Å². The van der Waals surface area contributed by atoms with Crippen molar-refractivity contribution in [2.45, 2.75) is 19.0 Å². The van der Waals surface area contributed by atoms with Gasteiger partial charge in [-0.1, -0.05) is 17.8 Å². The van der Waals surface area contributed by atoms with Crippen LogP contribution in [0.4, 0.5) is 5.69 Å². The van der Waals surface area contributed by atoms with Crippen LogP contribution >= 0.6 is 23.1 Å². The first-order valence-corrected chi connectivity index (χ1v) is 12.8. The molecule has 0 spiro atoms. The van der Waals surface area contributed by atoms with Gasteiger partial charge in [-0.05, 0) is 66.9 Å². The molecule has 184 valence electrons. The lowest BCUT2D eigenvalue weighted by Gasteiger charge is -2.11. The van der Waals surface area contributed by atoms with E-state index < -0.39 is 5.97 Å². The van der Waals surface area contributed by atoms with E-state index in [1.54, 1.807) is 72.5 Å². The third-order valence-corrected chi connectivity index (χ3v) is 6.88. The molecule has 36 heavy (non-hydrogen) atoms. The number of nitrogens with zero attached hydrogens (tertiary/aromatic N) is 2. The van der Waals surface area contributed by atoms with Gasteiger partial charge in [0.1, 0.15) is 22.1 Å². The summed E-state index contributed by atoms with van der Waals surface area (Å²) >= 11 is 2.54. The predicted molar refractivity (Wildman–Crippen MR) is 140 cm³/mol. The molecule has 4 aromatic rings. The van der Waals surface area contributed by atoms with Gasteiger partial charge in [0, 0.05) is 18.3 Å². The number of amides is 1. The Hall–Kier alpha value is -3.89. The summed E-state index contributed by atoms with van der Waals surface area (Å²) in [4.78, 5) is 42.1. The molecule has 0 bridgehead atoms. The first-order chi connectivity index (χ1) is 17.4. The Kier molecular flexibility index (Phi) is 7.87. The summed E-state index contributed by atoms with van der Waals surface area (Å²) in [6.07, 6.45) is 0. The summed E-state index contributed by atoms with van der Waals surface area (Å²) in [5.74, 6) is 0.377. The van der Waals surface area contributed by atoms with Crippen LogP contribution in [0.3, 0.4) is 0 Å². The Balaban J connectivity index is 1.42. The highest BCUT2D eigenvalue weighted by molar-refractivity contribution is 7.99. The monoisotopic (exact) mass is 521 g/mol. The van der Waals surface area contributed by atoms with Gasteiger partial charge >= 0.3 is 5.97 Å². The molecule has 0 aliphatic rings. The van der Waals surface area contributed by atoms with Crippen molar-refractivity contribution in [1.82, 2.24) is 9.55 Å². The molecule has 0 saturated carbocycles. The van der Waals surface area contributed by atoms with Crippen LogP contribution in [0, 0.1) is 6.92 Å². The van der Waals surface area contributed by atoms with E-state index in [2.05, 4.69) is 10.3 Å². The van der Waals surface area contributed by atoms with Crippen LogP contribution in [0.5, 0.6) is 11.5 Å². The zero-order valence-corrected chi connectivity index (χ0v) is 21.4. The molecule has 0 aliphatic carbocycles. The summed E-state index contributed by atoms with van der Waals surface area (Å²) < 4.78 is 12.3. The number of methoxy groups -OCH3 is 1. The third kappa shape index (κ3) is 5.84. The fourth-order valence-corrected chi connectivity index (χ4v) is 4.93. The van der Waals surface area contributed by atoms with Gasteiger partial charge in [0.15, 0.2) is 10.9 Å². The van der Waals surface area contributed by atoms with Crippen LogP contribution in [-0.2, 0) is 4.79 Å². The quantitative estimate of drug-likeness (QED) is 0.136. The van der Waals surface area contributed by atoms with Crippen LogP contribution in [0.2, 0.25) is 0 Å². The van der Waals surface area contributed by atoms with Crippen molar-refractivity contribution in [3.05, 3.63) is 82.3 Å². The molecule has 8 nitrogen and oxygen atoms in total.